The van der Waals surface area contributed by atoms with Crippen LogP contribution in [0, 0.1) is 0 Å². The van der Waals surface area contributed by atoms with Crippen molar-refractivity contribution in [3.05, 3.63) is 83.7 Å². The summed E-state index contributed by atoms with van der Waals surface area (Å²) in [4.78, 5) is 19.9. The first-order chi connectivity index (χ1) is 14.2. The number of carbonyl (C=O) groups excluding carboxylic acids is 1. The summed E-state index contributed by atoms with van der Waals surface area (Å²) in [5.74, 6) is 0.720. The van der Waals surface area contributed by atoms with Gasteiger partial charge in [0.2, 0.25) is 5.89 Å². The van der Waals surface area contributed by atoms with Crippen LogP contribution in [0.5, 0.6) is 5.75 Å². The van der Waals surface area contributed by atoms with Crippen LogP contribution >= 0.6 is 0 Å². The molecule has 0 aliphatic heterocycles. The van der Waals surface area contributed by atoms with Crippen LogP contribution in [0.2, 0.25) is 0 Å². The van der Waals surface area contributed by atoms with E-state index in [1.807, 2.05) is 54.7 Å². The molecular formula is C22H22N4O3. The van der Waals surface area contributed by atoms with E-state index in [2.05, 4.69) is 15.3 Å². The van der Waals surface area contributed by atoms with Gasteiger partial charge in [0.1, 0.15) is 12.0 Å². The van der Waals surface area contributed by atoms with Crippen molar-refractivity contribution in [1.82, 2.24) is 15.3 Å². The molecule has 0 aliphatic carbocycles. The summed E-state index contributed by atoms with van der Waals surface area (Å²) in [5.41, 5.74) is 9.48. The standard InChI is InChI=1S/C22H22N4O3/c1-28-20-9-5-2-6-14(20)11-25-21(27)19-13-29-22(26-19)17(23)10-15-12-24-18-8-4-3-7-16(15)18/h2-9,12-13,17,24H,10-11,23H2,1H3,(H,25,27). The van der Waals surface area contributed by atoms with Gasteiger partial charge in [-0.25, -0.2) is 4.98 Å². The normalized spacial score (nSPS) is 12.1. The lowest BCUT2D eigenvalue weighted by Gasteiger charge is -2.08. The van der Waals surface area contributed by atoms with E-state index < -0.39 is 6.04 Å². The molecule has 1 amide bonds. The Morgan fingerprint density at radius 1 is 1.21 bits per heavy atom. The van der Waals surface area contributed by atoms with E-state index in [0.717, 1.165) is 27.8 Å². The average Bonchev–Trinajstić information content (AvgIpc) is 3.40. The number of fused-ring (bicyclic) bond motifs is 1. The highest BCUT2D eigenvalue weighted by atomic mass is 16.5. The number of benzene rings is 2. The molecule has 2 aromatic heterocycles. The van der Waals surface area contributed by atoms with Gasteiger partial charge in [-0.2, -0.15) is 0 Å². The molecule has 4 N–H and O–H groups in total. The van der Waals surface area contributed by atoms with E-state index in [4.69, 9.17) is 14.9 Å². The highest BCUT2D eigenvalue weighted by Gasteiger charge is 2.19. The number of amides is 1. The van der Waals surface area contributed by atoms with Gasteiger partial charge in [0, 0.05) is 29.2 Å². The SMILES string of the molecule is COc1ccccc1CNC(=O)c1coc(C(N)Cc2c[nH]c3ccccc23)n1. The van der Waals surface area contributed by atoms with Gasteiger partial charge in [-0.1, -0.05) is 36.4 Å². The van der Waals surface area contributed by atoms with Gasteiger partial charge >= 0.3 is 0 Å². The van der Waals surface area contributed by atoms with E-state index in [1.54, 1.807) is 7.11 Å². The van der Waals surface area contributed by atoms with Gasteiger partial charge < -0.3 is 25.2 Å². The maximum atomic E-state index is 12.4. The van der Waals surface area contributed by atoms with Crippen LogP contribution in [0.4, 0.5) is 0 Å². The van der Waals surface area contributed by atoms with Crippen molar-refractivity contribution < 1.29 is 13.9 Å². The van der Waals surface area contributed by atoms with Gasteiger partial charge in [0.05, 0.1) is 13.2 Å². The molecule has 7 nitrogen and oxygen atoms in total. The Balaban J connectivity index is 1.41. The Hall–Kier alpha value is -3.58. The summed E-state index contributed by atoms with van der Waals surface area (Å²) in [6, 6.07) is 15.1. The molecule has 0 radical (unpaired) electrons. The Morgan fingerprint density at radius 3 is 2.86 bits per heavy atom. The number of oxazole rings is 1. The highest BCUT2D eigenvalue weighted by molar-refractivity contribution is 5.91. The summed E-state index contributed by atoms with van der Waals surface area (Å²) in [6.45, 7) is 0.326. The molecule has 0 saturated carbocycles. The molecule has 1 unspecified atom stereocenters. The van der Waals surface area contributed by atoms with E-state index in [0.29, 0.717) is 18.9 Å². The minimum atomic E-state index is -0.454. The van der Waals surface area contributed by atoms with Gasteiger partial charge in [-0.05, 0) is 24.1 Å². The minimum absolute atomic E-state index is 0.198. The quantitative estimate of drug-likeness (QED) is 0.449. The topological polar surface area (TPSA) is 106 Å². The monoisotopic (exact) mass is 390 g/mol. The molecule has 0 bridgehead atoms. The van der Waals surface area contributed by atoms with Crippen molar-refractivity contribution in [2.45, 2.75) is 19.0 Å². The number of ether oxygens (including phenoxy) is 1. The second kappa shape index (κ2) is 8.20. The van der Waals surface area contributed by atoms with Gasteiger partial charge in [-0.15, -0.1) is 0 Å². The zero-order chi connectivity index (χ0) is 20.2. The zero-order valence-electron chi connectivity index (χ0n) is 16.0. The molecule has 2 aromatic carbocycles. The summed E-state index contributed by atoms with van der Waals surface area (Å²) < 4.78 is 10.8. The molecule has 148 valence electrons. The molecular weight excluding hydrogens is 368 g/mol. The number of aromatic amines is 1. The number of hydrogen-bond acceptors (Lipinski definition) is 5. The lowest BCUT2D eigenvalue weighted by Crippen LogP contribution is -2.23. The number of para-hydroxylation sites is 2. The first-order valence-corrected chi connectivity index (χ1v) is 9.32. The Labute approximate surface area is 167 Å². The van der Waals surface area contributed by atoms with Gasteiger partial charge in [0.25, 0.3) is 5.91 Å². The van der Waals surface area contributed by atoms with Crippen molar-refractivity contribution in [3.8, 4) is 5.75 Å². The fourth-order valence-electron chi connectivity index (χ4n) is 3.30. The van der Waals surface area contributed by atoms with Crippen LogP contribution in [-0.2, 0) is 13.0 Å². The summed E-state index contributed by atoms with van der Waals surface area (Å²) >= 11 is 0. The molecule has 1 atom stereocenters. The maximum absolute atomic E-state index is 12.4. The van der Waals surface area contributed by atoms with Crippen molar-refractivity contribution >= 4 is 16.8 Å². The highest BCUT2D eigenvalue weighted by Crippen LogP contribution is 2.23. The van der Waals surface area contributed by atoms with E-state index in [1.165, 1.54) is 6.26 Å². The lowest BCUT2D eigenvalue weighted by atomic mass is 10.1. The van der Waals surface area contributed by atoms with Crippen molar-refractivity contribution in [2.24, 2.45) is 5.73 Å². The number of nitrogens with one attached hydrogen (secondary N) is 2. The molecule has 0 spiro atoms. The predicted molar refractivity (Wildman–Crippen MR) is 110 cm³/mol. The molecule has 4 rings (SSSR count). The Morgan fingerprint density at radius 2 is 2.00 bits per heavy atom. The number of hydrogen-bond donors (Lipinski definition) is 3. The third-order valence-corrected chi connectivity index (χ3v) is 4.82. The fraction of sp³-hybridized carbons (Fsp3) is 0.182. The summed E-state index contributed by atoms with van der Waals surface area (Å²) in [7, 11) is 1.60. The molecule has 29 heavy (non-hydrogen) atoms. The molecule has 0 saturated heterocycles. The number of nitrogens with two attached hydrogens (primary N) is 1. The summed E-state index contributed by atoms with van der Waals surface area (Å²) in [6.07, 6.45) is 3.82. The van der Waals surface area contributed by atoms with Crippen molar-refractivity contribution in [3.63, 3.8) is 0 Å². The van der Waals surface area contributed by atoms with Crippen LogP contribution in [0.15, 0.2) is 65.4 Å². The molecule has 2 heterocycles. The maximum Gasteiger partial charge on any atom is 0.273 e. The largest absolute Gasteiger partial charge is 0.496 e. The molecule has 0 fully saturated rings. The van der Waals surface area contributed by atoms with Crippen LogP contribution in [0.3, 0.4) is 0 Å². The third kappa shape index (κ3) is 4.00. The smallest absolute Gasteiger partial charge is 0.273 e. The first kappa shape index (κ1) is 18.8. The first-order valence-electron chi connectivity index (χ1n) is 9.32. The molecule has 4 aromatic rings. The number of methoxy groups -OCH3 is 1. The minimum Gasteiger partial charge on any atom is -0.496 e. The van der Waals surface area contributed by atoms with E-state index in [9.17, 15) is 4.79 Å². The Kier molecular flexibility index (Phi) is 5.31. The average molecular weight is 390 g/mol. The van der Waals surface area contributed by atoms with Gasteiger partial charge in [-0.3, -0.25) is 4.79 Å². The van der Waals surface area contributed by atoms with Crippen molar-refractivity contribution in [1.29, 1.82) is 0 Å². The lowest BCUT2D eigenvalue weighted by molar-refractivity contribution is 0.0945. The number of carbonyl (C=O) groups is 1. The molecule has 7 heteroatoms. The number of H-pyrrole nitrogens is 1. The van der Waals surface area contributed by atoms with E-state index >= 15 is 0 Å². The second-order valence-corrected chi connectivity index (χ2v) is 6.74. The van der Waals surface area contributed by atoms with E-state index in [-0.39, 0.29) is 11.6 Å². The van der Waals surface area contributed by atoms with Crippen LogP contribution in [0.25, 0.3) is 10.9 Å². The zero-order valence-corrected chi connectivity index (χ0v) is 16.0. The molecule has 0 aliphatic rings. The fourth-order valence-corrected chi connectivity index (χ4v) is 3.30. The van der Waals surface area contributed by atoms with Crippen LogP contribution in [0.1, 0.15) is 33.5 Å². The van der Waals surface area contributed by atoms with Crippen molar-refractivity contribution in [2.75, 3.05) is 7.11 Å². The predicted octanol–water partition coefficient (Wildman–Crippen LogP) is 3.34. The van der Waals surface area contributed by atoms with Crippen LogP contribution < -0.4 is 15.8 Å². The number of rotatable bonds is 7. The third-order valence-electron chi connectivity index (χ3n) is 4.82. The Bertz CT molecular complexity index is 1130. The second-order valence-electron chi connectivity index (χ2n) is 6.74. The number of nitrogens with zero attached hydrogens (tertiary/aromatic N) is 1. The van der Waals surface area contributed by atoms with Crippen LogP contribution in [-0.4, -0.2) is 23.0 Å². The number of aromatic nitrogens is 2. The van der Waals surface area contributed by atoms with Gasteiger partial charge in [0.15, 0.2) is 5.69 Å². The summed E-state index contributed by atoms with van der Waals surface area (Å²) in [5, 5.41) is 3.94.